The second-order valence-electron chi connectivity index (χ2n) is 8.02. The Morgan fingerprint density at radius 1 is 0.676 bits per heavy atom. The fourth-order valence-corrected chi connectivity index (χ4v) is 4.80. The third kappa shape index (κ3) is 4.95. The Kier molecular flexibility index (Phi) is 6.94. The minimum atomic E-state index is -0.485. The third-order valence-electron chi connectivity index (χ3n) is 6.07. The van der Waals surface area contributed by atoms with Gasteiger partial charge < -0.3 is 19.6 Å². The number of halogens is 2. The van der Waals surface area contributed by atoms with Gasteiger partial charge in [0.05, 0.1) is 31.3 Å². The molecule has 0 aliphatic carbocycles. The number of nitrogens with zero attached hydrogens (tertiary/aromatic N) is 6. The molecule has 2 saturated heterocycles. The molecule has 0 atom stereocenters. The van der Waals surface area contributed by atoms with Gasteiger partial charge in [-0.25, -0.2) is 4.79 Å². The van der Waals surface area contributed by atoms with Gasteiger partial charge in [0.1, 0.15) is 0 Å². The lowest BCUT2D eigenvalue weighted by Gasteiger charge is -2.41. The van der Waals surface area contributed by atoms with E-state index in [4.69, 9.17) is 23.2 Å². The van der Waals surface area contributed by atoms with Crippen molar-refractivity contribution in [1.82, 2.24) is 9.80 Å². The average molecular weight is 509 g/mol. The summed E-state index contributed by atoms with van der Waals surface area (Å²) in [7, 11) is 0. The van der Waals surface area contributed by atoms with E-state index in [9.17, 15) is 25.0 Å². The van der Waals surface area contributed by atoms with Crippen molar-refractivity contribution in [3.05, 3.63) is 66.7 Å². The van der Waals surface area contributed by atoms with Gasteiger partial charge in [0, 0.05) is 76.6 Å². The van der Waals surface area contributed by atoms with Crippen molar-refractivity contribution in [2.75, 3.05) is 62.2 Å². The fourth-order valence-electron chi connectivity index (χ4n) is 4.21. The molecule has 2 amide bonds. The summed E-state index contributed by atoms with van der Waals surface area (Å²) >= 11 is 12.5. The number of hydrogen-bond donors (Lipinski definition) is 0. The maximum Gasteiger partial charge on any atom is 0.320 e. The quantitative estimate of drug-likeness (QED) is 0.454. The van der Waals surface area contributed by atoms with Crippen LogP contribution in [0.1, 0.15) is 0 Å². The van der Waals surface area contributed by atoms with Gasteiger partial charge in [-0.1, -0.05) is 23.2 Å². The van der Waals surface area contributed by atoms with E-state index in [-0.39, 0.29) is 17.4 Å². The Morgan fingerprint density at radius 3 is 1.32 bits per heavy atom. The number of benzene rings is 2. The molecule has 2 aromatic rings. The van der Waals surface area contributed by atoms with Gasteiger partial charge in [-0.2, -0.15) is 0 Å². The number of urea groups is 1. The van der Waals surface area contributed by atoms with Crippen molar-refractivity contribution in [1.29, 1.82) is 0 Å². The van der Waals surface area contributed by atoms with Gasteiger partial charge in [0.25, 0.3) is 11.4 Å². The molecule has 2 aliphatic heterocycles. The number of amides is 2. The largest absolute Gasteiger partial charge is 0.367 e. The van der Waals surface area contributed by atoms with Crippen LogP contribution in [0.4, 0.5) is 27.5 Å². The van der Waals surface area contributed by atoms with Crippen LogP contribution in [0.2, 0.25) is 10.0 Å². The smallest absolute Gasteiger partial charge is 0.320 e. The molecule has 0 bridgehead atoms. The summed E-state index contributed by atoms with van der Waals surface area (Å²) in [4.78, 5) is 41.5. The van der Waals surface area contributed by atoms with E-state index in [1.54, 1.807) is 21.9 Å². The van der Waals surface area contributed by atoms with E-state index >= 15 is 0 Å². The summed E-state index contributed by atoms with van der Waals surface area (Å²) in [6.45, 7) is 4.34. The zero-order valence-electron chi connectivity index (χ0n) is 18.1. The van der Waals surface area contributed by atoms with E-state index in [1.165, 1.54) is 24.3 Å². The molecule has 2 fully saturated rings. The molecule has 13 heteroatoms. The highest BCUT2D eigenvalue weighted by atomic mass is 35.5. The van der Waals surface area contributed by atoms with Gasteiger partial charge in [0.15, 0.2) is 0 Å². The minimum Gasteiger partial charge on any atom is -0.367 e. The van der Waals surface area contributed by atoms with Gasteiger partial charge in [-0.05, 0) is 12.1 Å². The molecule has 2 heterocycles. The Bertz CT molecular complexity index is 1030. The molecule has 0 N–H and O–H groups in total. The lowest BCUT2D eigenvalue weighted by atomic mass is 10.2. The summed E-state index contributed by atoms with van der Waals surface area (Å²) in [5, 5.41) is 22.5. The molecule has 2 aliphatic rings. The number of nitro groups is 2. The number of nitro benzene ring substituents is 2. The first-order valence-electron chi connectivity index (χ1n) is 10.7. The second kappa shape index (κ2) is 9.90. The number of hydrogen-bond acceptors (Lipinski definition) is 7. The lowest BCUT2D eigenvalue weighted by molar-refractivity contribution is -0.385. The van der Waals surface area contributed by atoms with Gasteiger partial charge >= 0.3 is 6.03 Å². The molecule has 4 rings (SSSR count). The average Bonchev–Trinajstić information content (AvgIpc) is 2.83. The summed E-state index contributed by atoms with van der Waals surface area (Å²) in [5.41, 5.74) is 1.31. The zero-order chi connectivity index (χ0) is 24.4. The van der Waals surface area contributed by atoms with E-state index in [0.717, 1.165) is 0 Å². The van der Waals surface area contributed by atoms with Crippen molar-refractivity contribution in [2.45, 2.75) is 0 Å². The zero-order valence-corrected chi connectivity index (χ0v) is 19.6. The van der Waals surface area contributed by atoms with Gasteiger partial charge in [-0.15, -0.1) is 0 Å². The maximum absolute atomic E-state index is 13.0. The number of piperazine rings is 2. The van der Waals surface area contributed by atoms with Gasteiger partial charge in [0.2, 0.25) is 0 Å². The fraction of sp³-hybridized carbons (Fsp3) is 0.381. The number of carbonyl (C=O) groups is 1. The SMILES string of the molecule is O=C(N1CCN(c2ccc([N+](=O)[O-])cc2Cl)CC1)N1CCN(c2ccc([N+](=O)[O-])cc2Cl)CC1. The predicted molar refractivity (Wildman–Crippen MR) is 129 cm³/mol. The number of non-ortho nitro benzene ring substituents is 2. The molecule has 2 aromatic carbocycles. The van der Waals surface area contributed by atoms with E-state index in [1.807, 2.05) is 9.80 Å². The van der Waals surface area contributed by atoms with Crippen molar-refractivity contribution in [2.24, 2.45) is 0 Å². The number of anilines is 2. The number of carbonyl (C=O) groups excluding carboxylic acids is 1. The molecule has 0 radical (unpaired) electrons. The van der Waals surface area contributed by atoms with Crippen LogP contribution in [-0.4, -0.2) is 78.0 Å². The first kappa shape index (κ1) is 23.8. The third-order valence-corrected chi connectivity index (χ3v) is 6.67. The lowest BCUT2D eigenvalue weighted by Crippen LogP contribution is -2.57. The van der Waals surface area contributed by atoms with Gasteiger partial charge in [-0.3, -0.25) is 20.2 Å². The summed E-state index contributed by atoms with van der Waals surface area (Å²) < 4.78 is 0. The molecule has 11 nitrogen and oxygen atoms in total. The highest BCUT2D eigenvalue weighted by Gasteiger charge is 2.29. The second-order valence-corrected chi connectivity index (χ2v) is 8.83. The first-order chi connectivity index (χ1) is 16.2. The molecule has 0 saturated carbocycles. The standard InChI is InChI=1S/C21H22Cl2N6O5/c22-17-13-15(28(31)32)1-3-19(17)24-5-9-26(10-6-24)21(30)27-11-7-25(8-12-27)20-4-2-16(29(33)34)14-18(20)23/h1-4,13-14H,5-12H2. The maximum atomic E-state index is 13.0. The predicted octanol–water partition coefficient (Wildman–Crippen LogP) is 3.87. The summed E-state index contributed by atoms with van der Waals surface area (Å²) in [6, 6.07) is 8.77. The van der Waals surface area contributed by atoms with Crippen molar-refractivity contribution >= 4 is 52.0 Å². The van der Waals surface area contributed by atoms with Crippen LogP contribution in [0.25, 0.3) is 0 Å². The normalized spacial score (nSPS) is 16.5. The van der Waals surface area contributed by atoms with Crippen LogP contribution in [0.3, 0.4) is 0 Å². The van der Waals surface area contributed by atoms with Crippen LogP contribution in [-0.2, 0) is 0 Å². The summed E-state index contributed by atoms with van der Waals surface area (Å²) in [5.74, 6) is 0. The van der Waals surface area contributed by atoms with Crippen LogP contribution in [0.15, 0.2) is 36.4 Å². The molecular weight excluding hydrogens is 487 g/mol. The van der Waals surface area contributed by atoms with Crippen LogP contribution in [0, 0.1) is 20.2 Å². The van der Waals surface area contributed by atoms with Crippen molar-refractivity contribution in [3.8, 4) is 0 Å². The van der Waals surface area contributed by atoms with Crippen molar-refractivity contribution in [3.63, 3.8) is 0 Å². The topological polar surface area (TPSA) is 116 Å². The monoisotopic (exact) mass is 508 g/mol. The van der Waals surface area contributed by atoms with E-state index < -0.39 is 9.85 Å². The van der Waals surface area contributed by atoms with Crippen LogP contribution >= 0.6 is 23.2 Å². The highest BCUT2D eigenvalue weighted by Crippen LogP contribution is 2.32. The van der Waals surface area contributed by atoms with E-state index in [2.05, 4.69) is 0 Å². The Hall–Kier alpha value is -3.31. The van der Waals surface area contributed by atoms with Crippen LogP contribution in [0.5, 0.6) is 0 Å². The minimum absolute atomic E-state index is 0.0381. The Labute approximate surface area is 205 Å². The summed E-state index contributed by atoms with van der Waals surface area (Å²) in [6.07, 6.45) is 0. The van der Waals surface area contributed by atoms with E-state index in [0.29, 0.717) is 73.8 Å². The molecule has 0 spiro atoms. The Balaban J connectivity index is 1.31. The molecular formula is C21H22Cl2N6O5. The Morgan fingerprint density at radius 2 is 1.03 bits per heavy atom. The molecule has 180 valence electrons. The molecule has 0 aromatic heterocycles. The van der Waals surface area contributed by atoms with Crippen LogP contribution < -0.4 is 9.80 Å². The van der Waals surface area contributed by atoms with Crippen molar-refractivity contribution < 1.29 is 14.6 Å². The highest BCUT2D eigenvalue weighted by molar-refractivity contribution is 6.33. The number of rotatable bonds is 4. The molecule has 0 unspecified atom stereocenters. The first-order valence-corrected chi connectivity index (χ1v) is 11.4. The molecule has 34 heavy (non-hydrogen) atoms.